The number of hydrogen-bond acceptors (Lipinski definition) is 4. The quantitative estimate of drug-likeness (QED) is 0.645. The van der Waals surface area contributed by atoms with E-state index in [-0.39, 0.29) is 12.1 Å². The highest BCUT2D eigenvalue weighted by Crippen LogP contribution is 2.17. The molecule has 0 aromatic carbocycles. The van der Waals surface area contributed by atoms with Gasteiger partial charge in [0, 0.05) is 12.1 Å². The van der Waals surface area contributed by atoms with Gasteiger partial charge in [0.15, 0.2) is 0 Å². The Morgan fingerprint density at radius 3 is 2.57 bits per heavy atom. The zero-order valence-corrected chi connectivity index (χ0v) is 14.7. The van der Waals surface area contributed by atoms with Gasteiger partial charge in [-0.05, 0) is 85.2 Å². The predicted octanol–water partition coefficient (Wildman–Crippen LogP) is 1.79. The van der Waals surface area contributed by atoms with Crippen molar-refractivity contribution in [1.82, 2.24) is 15.1 Å². The first-order valence-electron chi connectivity index (χ1n) is 8.72. The number of rotatable bonds is 10. The summed E-state index contributed by atoms with van der Waals surface area (Å²) in [6.45, 7) is 10.4. The third kappa shape index (κ3) is 7.59. The first-order chi connectivity index (χ1) is 9.99. The standard InChI is InChI=1S/C17H37N3O/c1-5-10-18-17(2,15-21)9-6-11-20(4)14-16-7-12-19(3)13-8-16/h16,18,21H,5-15H2,1-4H3. The topological polar surface area (TPSA) is 38.7 Å². The minimum absolute atomic E-state index is 0.107. The summed E-state index contributed by atoms with van der Waals surface area (Å²) in [7, 11) is 4.47. The maximum absolute atomic E-state index is 9.58. The lowest BCUT2D eigenvalue weighted by Crippen LogP contribution is -2.46. The fourth-order valence-electron chi connectivity index (χ4n) is 3.17. The molecule has 1 aliphatic rings. The number of likely N-dealkylation sites (tertiary alicyclic amines) is 1. The van der Waals surface area contributed by atoms with Gasteiger partial charge in [-0.3, -0.25) is 0 Å². The Bertz CT molecular complexity index is 267. The van der Waals surface area contributed by atoms with Crippen molar-refractivity contribution in [2.45, 2.75) is 51.5 Å². The van der Waals surface area contributed by atoms with Gasteiger partial charge in [0.2, 0.25) is 0 Å². The first-order valence-corrected chi connectivity index (χ1v) is 8.72. The number of piperidine rings is 1. The van der Waals surface area contributed by atoms with Crippen LogP contribution in [0.3, 0.4) is 0 Å². The smallest absolute Gasteiger partial charge is 0.0610 e. The van der Waals surface area contributed by atoms with E-state index in [4.69, 9.17) is 0 Å². The summed E-state index contributed by atoms with van der Waals surface area (Å²) in [6, 6.07) is 0. The molecule has 1 aliphatic heterocycles. The lowest BCUT2D eigenvalue weighted by Gasteiger charge is -2.33. The molecule has 0 spiro atoms. The Labute approximate surface area is 131 Å². The van der Waals surface area contributed by atoms with Crippen molar-refractivity contribution >= 4 is 0 Å². The van der Waals surface area contributed by atoms with E-state index in [9.17, 15) is 5.11 Å². The van der Waals surface area contributed by atoms with Gasteiger partial charge in [0.05, 0.1) is 6.61 Å². The van der Waals surface area contributed by atoms with Gasteiger partial charge in [-0.2, -0.15) is 0 Å². The van der Waals surface area contributed by atoms with Crippen LogP contribution in [0.1, 0.15) is 46.0 Å². The minimum Gasteiger partial charge on any atom is -0.394 e. The van der Waals surface area contributed by atoms with Crippen molar-refractivity contribution in [3.8, 4) is 0 Å². The summed E-state index contributed by atoms with van der Waals surface area (Å²) in [5, 5.41) is 13.1. The molecule has 0 bridgehead atoms. The molecule has 4 heteroatoms. The van der Waals surface area contributed by atoms with Gasteiger partial charge in [0.25, 0.3) is 0 Å². The second-order valence-electron chi connectivity index (χ2n) is 7.26. The summed E-state index contributed by atoms with van der Waals surface area (Å²) in [4.78, 5) is 4.91. The molecule has 2 N–H and O–H groups in total. The molecule has 1 saturated heterocycles. The van der Waals surface area contributed by atoms with E-state index in [0.717, 1.165) is 38.3 Å². The fraction of sp³-hybridized carbons (Fsp3) is 1.00. The molecule has 21 heavy (non-hydrogen) atoms. The summed E-state index contributed by atoms with van der Waals surface area (Å²) in [6.07, 6.45) is 5.99. The highest BCUT2D eigenvalue weighted by molar-refractivity contribution is 4.82. The van der Waals surface area contributed by atoms with Gasteiger partial charge in [-0.25, -0.2) is 0 Å². The predicted molar refractivity (Wildman–Crippen MR) is 90.7 cm³/mol. The highest BCUT2D eigenvalue weighted by atomic mass is 16.3. The van der Waals surface area contributed by atoms with E-state index >= 15 is 0 Å². The monoisotopic (exact) mass is 299 g/mol. The molecule has 1 rings (SSSR count). The molecule has 0 aliphatic carbocycles. The molecule has 0 saturated carbocycles. The summed E-state index contributed by atoms with van der Waals surface area (Å²) >= 11 is 0. The molecule has 0 aromatic rings. The van der Waals surface area contributed by atoms with Crippen molar-refractivity contribution in [2.24, 2.45) is 5.92 Å². The van der Waals surface area contributed by atoms with Crippen molar-refractivity contribution in [3.63, 3.8) is 0 Å². The van der Waals surface area contributed by atoms with Crippen LogP contribution < -0.4 is 5.32 Å². The van der Waals surface area contributed by atoms with Gasteiger partial charge in [-0.1, -0.05) is 6.92 Å². The average molecular weight is 300 g/mol. The molecular formula is C17H37N3O. The lowest BCUT2D eigenvalue weighted by molar-refractivity contribution is 0.150. The summed E-state index contributed by atoms with van der Waals surface area (Å²) in [5.41, 5.74) is -0.107. The molecule has 0 amide bonds. The van der Waals surface area contributed by atoms with E-state index in [2.05, 4.69) is 43.1 Å². The number of aliphatic hydroxyl groups excluding tert-OH is 1. The minimum atomic E-state index is -0.107. The van der Waals surface area contributed by atoms with E-state index in [1.54, 1.807) is 0 Å². The third-order valence-electron chi connectivity index (χ3n) is 4.83. The van der Waals surface area contributed by atoms with Crippen molar-refractivity contribution < 1.29 is 5.11 Å². The summed E-state index contributed by atoms with van der Waals surface area (Å²) < 4.78 is 0. The van der Waals surface area contributed by atoms with Gasteiger partial charge in [0.1, 0.15) is 0 Å². The Kier molecular flexibility index (Phi) is 8.79. The Morgan fingerprint density at radius 1 is 1.33 bits per heavy atom. The number of nitrogens with zero attached hydrogens (tertiary/aromatic N) is 2. The van der Waals surface area contributed by atoms with Gasteiger partial charge >= 0.3 is 0 Å². The van der Waals surface area contributed by atoms with Crippen LogP contribution in [-0.2, 0) is 0 Å². The normalized spacial score (nSPS) is 20.9. The number of aliphatic hydroxyl groups is 1. The SMILES string of the molecule is CCCNC(C)(CO)CCCN(C)CC1CCN(C)CC1. The van der Waals surface area contributed by atoms with Crippen LogP contribution in [0.25, 0.3) is 0 Å². The van der Waals surface area contributed by atoms with E-state index in [1.165, 1.54) is 32.5 Å². The van der Waals surface area contributed by atoms with E-state index < -0.39 is 0 Å². The molecule has 4 nitrogen and oxygen atoms in total. The average Bonchev–Trinajstić information content (AvgIpc) is 2.47. The molecule has 0 aromatic heterocycles. The highest BCUT2D eigenvalue weighted by Gasteiger charge is 2.22. The van der Waals surface area contributed by atoms with Crippen molar-refractivity contribution in [3.05, 3.63) is 0 Å². The molecule has 1 heterocycles. The van der Waals surface area contributed by atoms with Crippen LogP contribution in [0.5, 0.6) is 0 Å². The first kappa shape index (κ1) is 18.9. The zero-order valence-electron chi connectivity index (χ0n) is 14.7. The molecule has 126 valence electrons. The number of hydrogen-bond donors (Lipinski definition) is 2. The van der Waals surface area contributed by atoms with Crippen LogP contribution in [0.15, 0.2) is 0 Å². The molecular weight excluding hydrogens is 262 g/mol. The van der Waals surface area contributed by atoms with Gasteiger partial charge < -0.3 is 20.2 Å². The lowest BCUT2D eigenvalue weighted by atomic mass is 9.95. The molecule has 0 radical (unpaired) electrons. The molecule has 1 unspecified atom stereocenters. The van der Waals surface area contributed by atoms with Crippen LogP contribution in [0.2, 0.25) is 0 Å². The van der Waals surface area contributed by atoms with Crippen molar-refractivity contribution in [1.29, 1.82) is 0 Å². The van der Waals surface area contributed by atoms with Crippen LogP contribution in [-0.4, -0.2) is 73.9 Å². The van der Waals surface area contributed by atoms with Gasteiger partial charge in [-0.15, -0.1) is 0 Å². The van der Waals surface area contributed by atoms with E-state index in [0.29, 0.717) is 0 Å². The third-order valence-corrected chi connectivity index (χ3v) is 4.83. The molecule has 1 atom stereocenters. The largest absolute Gasteiger partial charge is 0.394 e. The Morgan fingerprint density at radius 2 is 2.00 bits per heavy atom. The maximum atomic E-state index is 9.58. The fourth-order valence-corrected chi connectivity index (χ4v) is 3.17. The second kappa shape index (κ2) is 9.78. The maximum Gasteiger partial charge on any atom is 0.0610 e. The van der Waals surface area contributed by atoms with Crippen LogP contribution in [0.4, 0.5) is 0 Å². The van der Waals surface area contributed by atoms with Crippen LogP contribution >= 0.6 is 0 Å². The Hall–Kier alpha value is -0.160. The second-order valence-corrected chi connectivity index (χ2v) is 7.26. The van der Waals surface area contributed by atoms with Crippen LogP contribution in [0, 0.1) is 5.92 Å². The summed E-state index contributed by atoms with van der Waals surface area (Å²) in [5.74, 6) is 0.869. The Balaban J connectivity index is 2.18. The molecule has 1 fully saturated rings. The van der Waals surface area contributed by atoms with Crippen molar-refractivity contribution in [2.75, 3.05) is 53.4 Å². The number of nitrogens with one attached hydrogen (secondary N) is 1. The zero-order chi connectivity index (χ0) is 15.7. The van der Waals surface area contributed by atoms with E-state index in [1.807, 2.05) is 0 Å².